The van der Waals surface area contributed by atoms with Crippen molar-refractivity contribution >= 4 is 17.7 Å². The highest BCUT2D eigenvalue weighted by atomic mass is 16.4. The number of ketones is 1. The number of aliphatic hydroxyl groups excluding tert-OH is 5. The number of carboxylic acids is 2. The Morgan fingerprint density at radius 2 is 1.50 bits per heavy atom. The number of hydrogen-bond donors (Lipinski definition) is 8. The summed E-state index contributed by atoms with van der Waals surface area (Å²) in [6.07, 6.45) is -5.44. The highest BCUT2D eigenvalue weighted by molar-refractivity contribution is 5.84. The minimum Gasteiger partial charge on any atom is -0.481 e. The van der Waals surface area contributed by atoms with Gasteiger partial charge in [0.05, 0.1) is 6.61 Å². The molecule has 0 aromatic carbocycles. The van der Waals surface area contributed by atoms with Crippen molar-refractivity contribution in [3.63, 3.8) is 0 Å². The average molecular weight is 327 g/mol. The van der Waals surface area contributed by atoms with Crippen molar-refractivity contribution in [2.45, 2.75) is 37.2 Å². The molecule has 22 heavy (non-hydrogen) atoms. The number of rotatable bonds is 9. The van der Waals surface area contributed by atoms with E-state index in [0.29, 0.717) is 0 Å². The maximum absolute atomic E-state index is 10.5. The van der Waals surface area contributed by atoms with Gasteiger partial charge in [-0.2, -0.15) is 0 Å². The standard InChI is InChI=1S/C6H12O6.C5H9NO4/c7-1-3(9)5(11)6(12)4(10)2-8;6-3(5(9)10)1-2-4(7)8/h3,5-9,11-12H,1-2H2;3H,1-2,6H2,(H,7,8)(H,9,10). The molecule has 4 unspecified atom stereocenters. The Bertz CT molecular complexity index is 361. The zero-order valence-electron chi connectivity index (χ0n) is 11.6. The maximum atomic E-state index is 10.5. The molecule has 0 amide bonds. The highest BCUT2D eigenvalue weighted by Crippen LogP contribution is 2.00. The van der Waals surface area contributed by atoms with Gasteiger partial charge in [0, 0.05) is 6.42 Å². The van der Waals surface area contributed by atoms with Crippen molar-refractivity contribution in [2.24, 2.45) is 5.73 Å². The van der Waals surface area contributed by atoms with Crippen LogP contribution in [0.25, 0.3) is 0 Å². The van der Waals surface area contributed by atoms with E-state index < -0.39 is 55.3 Å². The predicted octanol–water partition coefficient (Wildman–Crippen LogP) is -4.11. The summed E-state index contributed by atoms with van der Waals surface area (Å²) >= 11 is 0. The van der Waals surface area contributed by atoms with E-state index in [2.05, 4.69) is 0 Å². The minimum atomic E-state index is -1.86. The second-order valence-electron chi connectivity index (χ2n) is 4.19. The molecule has 9 N–H and O–H groups in total. The molecule has 0 aliphatic carbocycles. The average Bonchev–Trinajstić information content (AvgIpc) is 2.49. The molecule has 11 nitrogen and oxygen atoms in total. The monoisotopic (exact) mass is 327 g/mol. The van der Waals surface area contributed by atoms with Crippen LogP contribution < -0.4 is 5.73 Å². The number of carbonyl (C=O) groups excluding carboxylic acids is 1. The molecule has 0 spiro atoms. The molecule has 0 rings (SSSR count). The zero-order chi connectivity index (χ0) is 17.9. The molecule has 0 aromatic rings. The summed E-state index contributed by atoms with van der Waals surface area (Å²) in [5.41, 5.74) is 5.00. The van der Waals surface area contributed by atoms with Gasteiger partial charge in [0.15, 0.2) is 5.78 Å². The van der Waals surface area contributed by atoms with Crippen molar-refractivity contribution in [1.29, 1.82) is 0 Å². The Balaban J connectivity index is 0. The lowest BCUT2D eigenvalue weighted by atomic mass is 10.1. The Morgan fingerprint density at radius 1 is 1.00 bits per heavy atom. The summed E-state index contributed by atoms with van der Waals surface area (Å²) < 4.78 is 0. The number of aliphatic hydroxyl groups is 5. The van der Waals surface area contributed by atoms with Gasteiger partial charge in [-0.1, -0.05) is 0 Å². The molecule has 0 saturated carbocycles. The molecule has 0 heterocycles. The van der Waals surface area contributed by atoms with Gasteiger partial charge in [0.1, 0.15) is 31.0 Å². The van der Waals surface area contributed by atoms with Crippen LogP contribution in [0.15, 0.2) is 0 Å². The third-order valence-electron chi connectivity index (χ3n) is 2.38. The summed E-state index contributed by atoms with van der Waals surface area (Å²) in [7, 11) is 0. The van der Waals surface area contributed by atoms with Gasteiger partial charge in [-0.3, -0.25) is 14.4 Å². The summed E-state index contributed by atoms with van der Waals surface area (Å²) in [5, 5.41) is 59.3. The van der Waals surface area contributed by atoms with Crippen LogP contribution in [0.5, 0.6) is 0 Å². The largest absolute Gasteiger partial charge is 0.481 e. The first kappa shape index (κ1) is 22.6. The van der Waals surface area contributed by atoms with Crippen LogP contribution in [0.4, 0.5) is 0 Å². The van der Waals surface area contributed by atoms with E-state index in [9.17, 15) is 14.4 Å². The lowest BCUT2D eigenvalue weighted by Gasteiger charge is -2.19. The van der Waals surface area contributed by atoms with Crippen LogP contribution in [-0.4, -0.2) is 91.0 Å². The molecule has 0 aliphatic heterocycles. The predicted molar refractivity (Wildman–Crippen MR) is 69.7 cm³/mol. The summed E-state index contributed by atoms with van der Waals surface area (Å²) in [6.45, 7) is -1.69. The summed E-state index contributed by atoms with van der Waals surface area (Å²) in [4.78, 5) is 30.4. The molecule has 4 atom stereocenters. The van der Waals surface area contributed by atoms with Crippen molar-refractivity contribution in [3.8, 4) is 0 Å². The van der Waals surface area contributed by atoms with E-state index in [-0.39, 0.29) is 12.8 Å². The lowest BCUT2D eigenvalue weighted by molar-refractivity contribution is -0.143. The molecular formula is C11H21NO10. The van der Waals surface area contributed by atoms with Gasteiger partial charge in [-0.25, -0.2) is 0 Å². The summed E-state index contributed by atoms with van der Waals surface area (Å²) in [6, 6.07) is -1.06. The first-order chi connectivity index (χ1) is 10.1. The van der Waals surface area contributed by atoms with Gasteiger partial charge in [-0.15, -0.1) is 0 Å². The van der Waals surface area contributed by atoms with E-state index in [1.807, 2.05) is 0 Å². The minimum absolute atomic E-state index is 0.0231. The Kier molecular flexibility index (Phi) is 12.3. The van der Waals surface area contributed by atoms with Crippen LogP contribution in [0, 0.1) is 0 Å². The molecule has 0 aromatic heterocycles. The van der Waals surface area contributed by atoms with Crippen LogP contribution in [0.2, 0.25) is 0 Å². The fraction of sp³-hybridized carbons (Fsp3) is 0.727. The van der Waals surface area contributed by atoms with Crippen molar-refractivity contribution in [1.82, 2.24) is 0 Å². The molecule has 0 saturated heterocycles. The number of carbonyl (C=O) groups is 3. The van der Waals surface area contributed by atoms with Crippen molar-refractivity contribution in [3.05, 3.63) is 0 Å². The molecule has 130 valence electrons. The second kappa shape index (κ2) is 12.0. The second-order valence-corrected chi connectivity index (χ2v) is 4.19. The van der Waals surface area contributed by atoms with Gasteiger partial charge in [-0.05, 0) is 6.42 Å². The Labute approximate surface area is 125 Å². The van der Waals surface area contributed by atoms with Gasteiger partial charge in [0.2, 0.25) is 0 Å². The quantitative estimate of drug-likeness (QED) is 0.203. The van der Waals surface area contributed by atoms with Crippen molar-refractivity contribution in [2.75, 3.05) is 13.2 Å². The number of Topliss-reactive ketones (excluding diaryl/α,β-unsaturated/α-hetero) is 1. The van der Waals surface area contributed by atoms with E-state index in [1.54, 1.807) is 0 Å². The molecule has 0 aliphatic rings. The lowest BCUT2D eigenvalue weighted by Crippen LogP contribution is -2.44. The number of carboxylic acid groups (broad SMARTS) is 2. The van der Waals surface area contributed by atoms with E-state index in [0.717, 1.165) is 0 Å². The van der Waals surface area contributed by atoms with Crippen LogP contribution >= 0.6 is 0 Å². The highest BCUT2D eigenvalue weighted by Gasteiger charge is 2.28. The van der Waals surface area contributed by atoms with Crippen molar-refractivity contribution < 1.29 is 50.1 Å². The number of aliphatic carboxylic acids is 2. The van der Waals surface area contributed by atoms with E-state index in [4.69, 9.17) is 41.5 Å². The number of hydrogen-bond acceptors (Lipinski definition) is 9. The van der Waals surface area contributed by atoms with E-state index in [1.165, 1.54) is 0 Å². The Morgan fingerprint density at radius 3 is 1.82 bits per heavy atom. The molecule has 0 bridgehead atoms. The van der Waals surface area contributed by atoms with E-state index >= 15 is 0 Å². The third kappa shape index (κ3) is 10.1. The van der Waals surface area contributed by atoms with Gasteiger partial charge >= 0.3 is 11.9 Å². The zero-order valence-corrected chi connectivity index (χ0v) is 11.6. The maximum Gasteiger partial charge on any atom is 0.320 e. The van der Waals surface area contributed by atoms with Crippen LogP contribution in [-0.2, 0) is 14.4 Å². The molecular weight excluding hydrogens is 306 g/mol. The van der Waals surface area contributed by atoms with Crippen LogP contribution in [0.3, 0.4) is 0 Å². The van der Waals surface area contributed by atoms with Gasteiger partial charge in [0.25, 0.3) is 0 Å². The summed E-state index contributed by atoms with van der Waals surface area (Å²) in [5.74, 6) is -3.20. The smallest absolute Gasteiger partial charge is 0.320 e. The number of nitrogens with two attached hydrogens (primary N) is 1. The topological polar surface area (TPSA) is 219 Å². The SMILES string of the molecule is NC(CCC(=O)O)C(=O)O.O=C(CO)C(O)C(O)C(O)CO. The van der Waals surface area contributed by atoms with Crippen LogP contribution in [0.1, 0.15) is 12.8 Å². The molecule has 0 radical (unpaired) electrons. The first-order valence-electron chi connectivity index (χ1n) is 6.07. The Hall–Kier alpha value is -1.63. The fourth-order valence-corrected chi connectivity index (χ4v) is 1.00. The normalized spacial score (nSPS) is 15.7. The molecule has 11 heteroatoms. The van der Waals surface area contributed by atoms with Gasteiger partial charge < -0.3 is 41.5 Å². The fourth-order valence-electron chi connectivity index (χ4n) is 1.00. The molecule has 0 fully saturated rings. The third-order valence-corrected chi connectivity index (χ3v) is 2.38. The first-order valence-corrected chi connectivity index (χ1v) is 6.07.